The molecule has 4 rings (SSSR count). The van der Waals surface area contributed by atoms with Crippen LogP contribution in [0.15, 0.2) is 54.0 Å². The van der Waals surface area contributed by atoms with E-state index in [1.54, 1.807) is 22.1 Å². The Kier molecular flexibility index (Phi) is 6.20. The summed E-state index contributed by atoms with van der Waals surface area (Å²) < 4.78 is 50.6. The van der Waals surface area contributed by atoms with Gasteiger partial charge in [-0.25, -0.2) is 14.8 Å². The Hall–Kier alpha value is -3.64. The second kappa shape index (κ2) is 9.08. The Morgan fingerprint density at radius 3 is 2.70 bits per heavy atom. The molecule has 2 aromatic heterocycles. The van der Waals surface area contributed by atoms with Crippen LogP contribution in [0, 0.1) is 0 Å². The van der Waals surface area contributed by atoms with Gasteiger partial charge in [-0.1, -0.05) is 12.1 Å². The first-order valence-electron chi connectivity index (χ1n) is 9.55. The summed E-state index contributed by atoms with van der Waals surface area (Å²) in [7, 11) is 1.52. The molecule has 0 saturated heterocycles. The highest BCUT2D eigenvalue weighted by Crippen LogP contribution is 2.42. The van der Waals surface area contributed by atoms with Crippen molar-refractivity contribution in [1.82, 2.24) is 14.5 Å². The van der Waals surface area contributed by atoms with Gasteiger partial charge in [-0.15, -0.1) is 24.5 Å². The van der Waals surface area contributed by atoms with E-state index >= 15 is 0 Å². The number of fused-ring (bicyclic) bond motifs is 1. The van der Waals surface area contributed by atoms with E-state index in [2.05, 4.69) is 14.7 Å². The third kappa shape index (κ3) is 4.76. The number of ether oxygens (including phenoxy) is 2. The number of thiazole rings is 1. The number of hydrogen-bond donors (Lipinski definition) is 1. The van der Waals surface area contributed by atoms with Crippen molar-refractivity contribution in [2.45, 2.75) is 12.9 Å². The summed E-state index contributed by atoms with van der Waals surface area (Å²) in [5.74, 6) is -1.32. The molecule has 1 N–H and O–H groups in total. The van der Waals surface area contributed by atoms with Crippen LogP contribution in [-0.2, 0) is 11.3 Å². The Morgan fingerprint density at radius 2 is 2.03 bits per heavy atom. The number of hydrogen-bond acceptors (Lipinski definition) is 7. The van der Waals surface area contributed by atoms with Gasteiger partial charge in [-0.05, 0) is 30.3 Å². The second-order valence-corrected chi connectivity index (χ2v) is 7.60. The lowest BCUT2D eigenvalue weighted by Gasteiger charge is -2.24. The van der Waals surface area contributed by atoms with Crippen LogP contribution >= 0.6 is 11.3 Å². The predicted octanol–water partition coefficient (Wildman–Crippen LogP) is 5.21. The van der Waals surface area contributed by atoms with Crippen LogP contribution in [0.4, 0.5) is 29.9 Å². The van der Waals surface area contributed by atoms with Gasteiger partial charge in [-0.2, -0.15) is 0 Å². The van der Waals surface area contributed by atoms with Gasteiger partial charge < -0.3 is 19.1 Å². The molecule has 0 fully saturated rings. The van der Waals surface area contributed by atoms with Crippen LogP contribution in [-0.4, -0.2) is 45.7 Å². The lowest BCUT2D eigenvalue weighted by molar-refractivity contribution is -0.274. The molecule has 0 atom stereocenters. The SMILES string of the molecule is COCCn1c(N(c2nccs2)c2ccccc2OC(F)(F)F)nc2cc(C(=O)O)ccc21. The van der Waals surface area contributed by atoms with Gasteiger partial charge in [0.1, 0.15) is 0 Å². The van der Waals surface area contributed by atoms with Crippen LogP contribution in [0.3, 0.4) is 0 Å². The molecule has 172 valence electrons. The quantitative estimate of drug-likeness (QED) is 0.372. The molecule has 4 aromatic rings. The van der Waals surface area contributed by atoms with Gasteiger partial charge in [0.25, 0.3) is 0 Å². The van der Waals surface area contributed by atoms with Gasteiger partial charge in [-0.3, -0.25) is 4.90 Å². The van der Waals surface area contributed by atoms with Crippen molar-refractivity contribution in [2.75, 3.05) is 18.6 Å². The number of carboxylic acids is 1. The minimum atomic E-state index is -4.91. The van der Waals surface area contributed by atoms with E-state index < -0.39 is 18.1 Å². The van der Waals surface area contributed by atoms with Crippen LogP contribution in [0.25, 0.3) is 11.0 Å². The summed E-state index contributed by atoms with van der Waals surface area (Å²) in [6.07, 6.45) is -3.39. The normalized spacial score (nSPS) is 11.6. The maximum atomic E-state index is 13.1. The van der Waals surface area contributed by atoms with Crippen LogP contribution < -0.4 is 9.64 Å². The van der Waals surface area contributed by atoms with Crippen molar-refractivity contribution in [1.29, 1.82) is 0 Å². The summed E-state index contributed by atoms with van der Waals surface area (Å²) in [4.78, 5) is 21.7. The number of alkyl halides is 3. The number of carboxylic acid groups (broad SMARTS) is 1. The zero-order valence-corrected chi connectivity index (χ0v) is 17.9. The number of methoxy groups -OCH3 is 1. The molecular weight excluding hydrogens is 461 g/mol. The Labute approximate surface area is 189 Å². The largest absolute Gasteiger partial charge is 0.573 e. The Morgan fingerprint density at radius 1 is 1.24 bits per heavy atom. The molecule has 0 aliphatic rings. The maximum Gasteiger partial charge on any atom is 0.573 e. The minimum Gasteiger partial charge on any atom is -0.478 e. The smallest absolute Gasteiger partial charge is 0.478 e. The Bertz CT molecular complexity index is 1270. The molecule has 0 saturated carbocycles. The molecule has 12 heteroatoms. The summed E-state index contributed by atoms with van der Waals surface area (Å²) in [6, 6.07) is 10.1. The standard InChI is InChI=1S/C21H17F3N4O4S/c1-31-10-9-27-15-7-6-13(18(29)30)12-14(15)26-19(27)28(20-25-8-11-33-20)16-4-2-3-5-17(16)32-21(22,23)24/h2-8,11-12H,9-10H2,1H3,(H,29,30). The lowest BCUT2D eigenvalue weighted by atomic mass is 10.2. The molecule has 0 spiro atoms. The number of aromatic nitrogens is 3. The average Bonchev–Trinajstić information content (AvgIpc) is 3.40. The minimum absolute atomic E-state index is 0.0343. The third-order valence-electron chi connectivity index (χ3n) is 4.64. The van der Waals surface area contributed by atoms with Crippen molar-refractivity contribution in [3.63, 3.8) is 0 Å². The number of nitrogens with zero attached hydrogens (tertiary/aromatic N) is 4. The summed E-state index contributed by atoms with van der Waals surface area (Å²) in [5.41, 5.74) is 1.05. The average molecular weight is 478 g/mol. The van der Waals surface area contributed by atoms with Gasteiger partial charge in [0, 0.05) is 25.2 Å². The first-order valence-corrected chi connectivity index (χ1v) is 10.4. The monoisotopic (exact) mass is 478 g/mol. The number of para-hydroxylation sites is 2. The summed E-state index contributed by atoms with van der Waals surface area (Å²) >= 11 is 1.20. The zero-order chi connectivity index (χ0) is 23.6. The van der Waals surface area contributed by atoms with Gasteiger partial charge in [0.05, 0.1) is 28.9 Å². The van der Waals surface area contributed by atoms with E-state index in [-0.39, 0.29) is 23.8 Å². The van der Waals surface area contributed by atoms with Crippen LogP contribution in [0.1, 0.15) is 10.4 Å². The molecule has 0 bridgehead atoms. The molecule has 0 unspecified atom stereocenters. The molecule has 0 aliphatic carbocycles. The highest BCUT2D eigenvalue weighted by atomic mass is 32.1. The predicted molar refractivity (Wildman–Crippen MR) is 116 cm³/mol. The molecular formula is C21H17F3N4O4S. The zero-order valence-electron chi connectivity index (χ0n) is 17.1. The molecule has 2 aromatic carbocycles. The van der Waals surface area contributed by atoms with Crippen molar-refractivity contribution < 1.29 is 32.5 Å². The fourth-order valence-electron chi connectivity index (χ4n) is 3.30. The highest BCUT2D eigenvalue weighted by molar-refractivity contribution is 7.13. The lowest BCUT2D eigenvalue weighted by Crippen LogP contribution is -2.21. The third-order valence-corrected chi connectivity index (χ3v) is 5.39. The molecule has 33 heavy (non-hydrogen) atoms. The number of anilines is 3. The number of halogens is 3. The molecule has 0 aliphatic heterocycles. The molecule has 0 radical (unpaired) electrons. The maximum absolute atomic E-state index is 13.1. The first kappa shape index (κ1) is 22.6. The summed E-state index contributed by atoms with van der Waals surface area (Å²) in [5, 5.41) is 11.4. The second-order valence-electron chi connectivity index (χ2n) is 6.73. The number of aromatic carboxylic acids is 1. The molecule has 8 nitrogen and oxygen atoms in total. The number of benzene rings is 2. The van der Waals surface area contributed by atoms with Gasteiger partial charge in [0.2, 0.25) is 5.95 Å². The van der Waals surface area contributed by atoms with Gasteiger partial charge in [0.15, 0.2) is 10.9 Å². The highest BCUT2D eigenvalue weighted by Gasteiger charge is 2.34. The van der Waals surface area contributed by atoms with E-state index in [0.29, 0.717) is 22.7 Å². The van der Waals surface area contributed by atoms with E-state index in [9.17, 15) is 23.1 Å². The van der Waals surface area contributed by atoms with E-state index in [1.165, 1.54) is 59.9 Å². The van der Waals surface area contributed by atoms with Gasteiger partial charge >= 0.3 is 12.3 Å². The van der Waals surface area contributed by atoms with Crippen LogP contribution in [0.5, 0.6) is 5.75 Å². The van der Waals surface area contributed by atoms with Crippen LogP contribution in [0.2, 0.25) is 0 Å². The number of carbonyl (C=O) groups is 1. The molecule has 0 amide bonds. The number of imidazole rings is 1. The fraction of sp³-hybridized carbons (Fsp3) is 0.190. The van der Waals surface area contributed by atoms with Crippen molar-refractivity contribution in [2.24, 2.45) is 0 Å². The van der Waals surface area contributed by atoms with E-state index in [1.807, 2.05) is 0 Å². The summed E-state index contributed by atoms with van der Waals surface area (Å²) in [6.45, 7) is 0.588. The van der Waals surface area contributed by atoms with E-state index in [4.69, 9.17) is 4.74 Å². The number of rotatable bonds is 8. The topological polar surface area (TPSA) is 89.7 Å². The van der Waals surface area contributed by atoms with Crippen molar-refractivity contribution >= 4 is 45.1 Å². The molecule has 2 heterocycles. The Balaban J connectivity index is 1.96. The fourth-order valence-corrected chi connectivity index (χ4v) is 3.95. The first-order chi connectivity index (χ1) is 15.8. The van der Waals surface area contributed by atoms with Crippen molar-refractivity contribution in [3.8, 4) is 5.75 Å². The van der Waals surface area contributed by atoms with E-state index in [0.717, 1.165) is 0 Å². The van der Waals surface area contributed by atoms with Crippen molar-refractivity contribution in [3.05, 3.63) is 59.6 Å².